The van der Waals surface area contributed by atoms with Crippen molar-refractivity contribution in [3.63, 3.8) is 0 Å². The van der Waals surface area contributed by atoms with Crippen LogP contribution in [0.2, 0.25) is 0 Å². The Balaban J connectivity index is 1.56. The van der Waals surface area contributed by atoms with Crippen LogP contribution in [-0.4, -0.2) is 56.2 Å². The molecule has 8 nitrogen and oxygen atoms in total. The minimum absolute atomic E-state index is 0.259. The second-order valence-electron chi connectivity index (χ2n) is 8.68. The number of benzene rings is 2. The van der Waals surface area contributed by atoms with Gasteiger partial charge in [0.2, 0.25) is 5.88 Å². The van der Waals surface area contributed by atoms with Gasteiger partial charge in [0.25, 0.3) is 0 Å². The van der Waals surface area contributed by atoms with Gasteiger partial charge >= 0.3 is 6.03 Å². The molecule has 6 radical (unpaired) electrons. The van der Waals surface area contributed by atoms with Crippen LogP contribution in [0.15, 0.2) is 60.8 Å². The van der Waals surface area contributed by atoms with E-state index in [1.165, 1.54) is 0 Å². The predicted molar refractivity (Wildman–Crippen MR) is 142 cm³/mol. The summed E-state index contributed by atoms with van der Waals surface area (Å²) in [7, 11) is 18.5. The monoisotopic (exact) mass is 473 g/mol. The normalized spacial score (nSPS) is 13.7. The first kappa shape index (κ1) is 23.8. The molecule has 2 aromatic carbocycles. The molecular formula is C25H22B3N5O3. The van der Waals surface area contributed by atoms with Crippen molar-refractivity contribution in [3.8, 4) is 11.6 Å². The number of carbonyl (C=O) groups is 1. The summed E-state index contributed by atoms with van der Waals surface area (Å²) < 4.78 is 12.8. The van der Waals surface area contributed by atoms with Crippen LogP contribution < -0.4 is 19.3 Å². The first-order valence-electron chi connectivity index (χ1n) is 11.6. The van der Waals surface area contributed by atoms with Crippen LogP contribution in [0.4, 0.5) is 22.0 Å². The van der Waals surface area contributed by atoms with Crippen molar-refractivity contribution >= 4 is 57.7 Å². The fourth-order valence-corrected chi connectivity index (χ4v) is 4.12. The van der Waals surface area contributed by atoms with Gasteiger partial charge in [0.15, 0.2) is 0 Å². The molecule has 2 aromatic heterocycles. The largest absolute Gasteiger partial charge is 0.516 e. The molecule has 0 fully saturated rings. The third kappa shape index (κ3) is 4.78. The molecule has 2 amide bonds. The smallest absolute Gasteiger partial charge is 0.335 e. The summed E-state index contributed by atoms with van der Waals surface area (Å²) in [4.78, 5) is 21.9. The number of amides is 2. The van der Waals surface area contributed by atoms with Gasteiger partial charge in [0.1, 0.15) is 35.1 Å². The third-order valence-corrected chi connectivity index (χ3v) is 5.65. The zero-order chi connectivity index (χ0) is 25.4. The molecule has 5 rings (SSSR count). The van der Waals surface area contributed by atoms with Crippen molar-refractivity contribution in [2.24, 2.45) is 7.05 Å². The number of aromatic nitrogens is 3. The number of anilines is 3. The fourth-order valence-electron chi connectivity index (χ4n) is 4.12. The molecule has 0 unspecified atom stereocenters. The van der Waals surface area contributed by atoms with E-state index < -0.39 is 5.30 Å². The van der Waals surface area contributed by atoms with Crippen molar-refractivity contribution in [1.82, 2.24) is 14.8 Å². The summed E-state index contributed by atoms with van der Waals surface area (Å²) in [6.45, 7) is 2.91. The second-order valence-corrected chi connectivity index (χ2v) is 8.68. The second kappa shape index (κ2) is 9.30. The predicted octanol–water partition coefficient (Wildman–Crippen LogP) is 3.53. The Bertz CT molecular complexity index is 1420. The Morgan fingerprint density at radius 1 is 1.03 bits per heavy atom. The summed E-state index contributed by atoms with van der Waals surface area (Å²) in [5.74, 6) is 1.33. The quantitative estimate of drug-likeness (QED) is 0.385. The maximum atomic E-state index is 13.9. The number of fused-ring (bicyclic) bond motifs is 2. The number of rotatable bonds is 7. The fraction of sp³-hybridized carbons (Fsp3) is 0.240. The van der Waals surface area contributed by atoms with Crippen molar-refractivity contribution in [3.05, 3.63) is 66.4 Å². The maximum Gasteiger partial charge on any atom is 0.335 e. The summed E-state index contributed by atoms with van der Waals surface area (Å²) in [5.41, 5.74) is 3.06. The molecule has 0 saturated heterocycles. The lowest BCUT2D eigenvalue weighted by Gasteiger charge is -2.36. The van der Waals surface area contributed by atoms with Crippen molar-refractivity contribution in [2.75, 3.05) is 16.4 Å². The molecule has 11 heteroatoms. The van der Waals surface area contributed by atoms with Crippen molar-refractivity contribution in [2.45, 2.75) is 25.2 Å². The molecule has 0 N–H and O–H groups in total. The van der Waals surface area contributed by atoms with Gasteiger partial charge in [-0.3, -0.25) is 9.58 Å². The van der Waals surface area contributed by atoms with E-state index in [9.17, 15) is 4.79 Å². The molecule has 1 aliphatic heterocycles. The molecule has 0 atom stereocenters. The highest BCUT2D eigenvalue weighted by molar-refractivity contribution is 6.58. The number of pyridine rings is 1. The van der Waals surface area contributed by atoms with E-state index >= 15 is 0 Å². The van der Waals surface area contributed by atoms with Crippen LogP contribution in [0, 0.1) is 0 Å². The highest BCUT2D eigenvalue weighted by Crippen LogP contribution is 2.38. The molecule has 1 aliphatic rings. The molecule has 0 aliphatic carbocycles. The molecule has 4 aromatic rings. The Kier molecular flexibility index (Phi) is 6.16. The summed E-state index contributed by atoms with van der Waals surface area (Å²) in [6.07, 6.45) is 2.77. The average molecular weight is 473 g/mol. The van der Waals surface area contributed by atoms with E-state index in [1.807, 2.05) is 50.5 Å². The van der Waals surface area contributed by atoms with E-state index in [4.69, 9.17) is 33.0 Å². The average Bonchev–Trinajstić information content (AvgIpc) is 3.21. The zero-order valence-corrected chi connectivity index (χ0v) is 20.1. The zero-order valence-electron chi connectivity index (χ0n) is 20.1. The Hall–Kier alpha value is -3.88. The molecule has 0 bridgehead atoms. The summed E-state index contributed by atoms with van der Waals surface area (Å²) in [6, 6.07) is 16.0. The SMILES string of the molecule is [B]C([B])([B])Oc1ccc(N2C(=O)N(c3ccc4nn(C)cc4c3)Cc3ccc(OCCC)nc32)cc1. The van der Waals surface area contributed by atoms with Crippen LogP contribution in [0.3, 0.4) is 0 Å². The van der Waals surface area contributed by atoms with Crippen LogP contribution in [0.5, 0.6) is 11.6 Å². The maximum absolute atomic E-state index is 13.9. The number of ether oxygens (including phenoxy) is 2. The van der Waals surface area contributed by atoms with Gasteiger partial charge < -0.3 is 9.47 Å². The number of hydrogen-bond acceptors (Lipinski definition) is 5. The number of nitrogens with zero attached hydrogens (tertiary/aromatic N) is 5. The topological polar surface area (TPSA) is 72.7 Å². The Morgan fingerprint density at radius 3 is 2.50 bits per heavy atom. The third-order valence-electron chi connectivity index (χ3n) is 5.65. The molecule has 0 spiro atoms. The van der Waals surface area contributed by atoms with Gasteiger partial charge in [-0.25, -0.2) is 9.69 Å². The highest BCUT2D eigenvalue weighted by atomic mass is 16.5. The molecule has 3 heterocycles. The van der Waals surface area contributed by atoms with Gasteiger partial charge in [0.05, 0.1) is 24.4 Å². The van der Waals surface area contributed by atoms with Gasteiger partial charge in [-0.1, -0.05) is 6.92 Å². The lowest BCUT2D eigenvalue weighted by Crippen LogP contribution is -2.45. The van der Waals surface area contributed by atoms with E-state index in [-0.39, 0.29) is 6.03 Å². The van der Waals surface area contributed by atoms with E-state index in [2.05, 4.69) is 10.1 Å². The molecule has 36 heavy (non-hydrogen) atoms. The minimum Gasteiger partial charge on any atom is -0.516 e. The molecular weight excluding hydrogens is 451 g/mol. The first-order chi connectivity index (χ1) is 17.2. The van der Waals surface area contributed by atoms with Gasteiger partial charge in [-0.15, -0.1) is 0 Å². The summed E-state index contributed by atoms with van der Waals surface area (Å²) in [5, 5.41) is 3.55. The van der Waals surface area contributed by atoms with E-state index in [1.54, 1.807) is 38.7 Å². The van der Waals surface area contributed by atoms with Crippen LogP contribution in [-0.2, 0) is 13.6 Å². The van der Waals surface area contributed by atoms with Crippen LogP contribution in [0.25, 0.3) is 10.9 Å². The van der Waals surface area contributed by atoms with E-state index in [0.29, 0.717) is 36.3 Å². The van der Waals surface area contributed by atoms with Gasteiger partial charge in [0, 0.05) is 35.9 Å². The standard InChI is InChI=1S/C25H22B3N5O3/c1-3-12-35-22-11-4-16-15-32(19-7-10-21-17(13-19)14-31(2)30-21)24(34)33(23(16)29-22)18-5-8-20(9-6-18)36-25(26,27)28/h4-11,13-14H,3,12,15H2,1-2H3. The number of urea groups is 1. The lowest BCUT2D eigenvalue weighted by molar-refractivity contribution is 0.252. The molecule has 174 valence electrons. The first-order valence-corrected chi connectivity index (χ1v) is 11.6. The van der Waals surface area contributed by atoms with Crippen molar-refractivity contribution in [1.29, 1.82) is 0 Å². The van der Waals surface area contributed by atoms with Crippen LogP contribution >= 0.6 is 0 Å². The highest BCUT2D eigenvalue weighted by Gasteiger charge is 2.34. The minimum atomic E-state index is -1.82. The molecule has 0 saturated carbocycles. The Morgan fingerprint density at radius 2 is 1.78 bits per heavy atom. The van der Waals surface area contributed by atoms with Gasteiger partial charge in [-0.05, 0) is 60.3 Å². The van der Waals surface area contributed by atoms with Crippen LogP contribution in [0.1, 0.15) is 18.9 Å². The lowest BCUT2D eigenvalue weighted by atomic mass is 9.52. The summed E-state index contributed by atoms with van der Waals surface area (Å²) >= 11 is 0. The van der Waals surface area contributed by atoms with E-state index in [0.717, 1.165) is 28.6 Å². The number of aryl methyl sites for hydroxylation is 1. The number of hydrogen-bond donors (Lipinski definition) is 0. The Labute approximate surface area is 213 Å². The van der Waals surface area contributed by atoms with Gasteiger partial charge in [-0.2, -0.15) is 10.1 Å². The number of carbonyl (C=O) groups excluding carboxylic acids is 1. The van der Waals surface area contributed by atoms with Crippen molar-refractivity contribution < 1.29 is 14.3 Å².